The lowest BCUT2D eigenvalue weighted by Gasteiger charge is -2.26. The Labute approximate surface area is 124 Å². The number of anilines is 1. The van der Waals surface area contributed by atoms with E-state index in [1.54, 1.807) is 0 Å². The molecule has 0 spiro atoms. The number of likely N-dealkylation sites (tertiary alicyclic amines) is 1. The molecule has 0 radical (unpaired) electrons. The Morgan fingerprint density at radius 1 is 1.05 bits per heavy atom. The highest BCUT2D eigenvalue weighted by Crippen LogP contribution is 2.25. The van der Waals surface area contributed by atoms with Gasteiger partial charge >= 0.3 is 0 Å². The van der Waals surface area contributed by atoms with Gasteiger partial charge in [0.25, 0.3) is 0 Å². The first-order valence-corrected chi connectivity index (χ1v) is 7.59. The monoisotopic (exact) mass is 290 g/mol. The van der Waals surface area contributed by atoms with E-state index in [2.05, 4.69) is 20.4 Å². The van der Waals surface area contributed by atoms with Gasteiger partial charge in [0, 0.05) is 23.9 Å². The van der Waals surface area contributed by atoms with Gasteiger partial charge in [-0.3, -0.25) is 0 Å². The second kappa shape index (κ2) is 6.37. The van der Waals surface area contributed by atoms with Crippen molar-refractivity contribution < 1.29 is 0 Å². The van der Waals surface area contributed by atoms with Crippen LogP contribution in [0.4, 0.5) is 5.82 Å². The molecule has 2 aromatic rings. The highest BCUT2D eigenvalue weighted by atomic mass is 35.5. The fraction of sp³-hybridized carbons (Fsp3) is 0.467. The maximum atomic E-state index is 6.08. The standard InChI is InChI=1S/C15H19ClN4/c16-14-12-6-2-3-7-13(12)15(19-18-14)17-8-11-20-9-4-1-5-10-20/h2-3,6-7H,1,4-5,8-11H2,(H,17,19). The van der Waals surface area contributed by atoms with Gasteiger partial charge in [-0.25, -0.2) is 0 Å². The minimum Gasteiger partial charge on any atom is -0.367 e. The molecule has 5 heteroatoms. The number of fused-ring (bicyclic) bond motifs is 1. The molecule has 0 bridgehead atoms. The van der Waals surface area contributed by atoms with E-state index in [9.17, 15) is 0 Å². The fourth-order valence-corrected chi connectivity index (χ4v) is 2.92. The number of halogens is 1. The molecule has 1 N–H and O–H groups in total. The van der Waals surface area contributed by atoms with Crippen LogP contribution in [0.1, 0.15) is 19.3 Å². The van der Waals surface area contributed by atoms with E-state index < -0.39 is 0 Å². The number of benzene rings is 1. The predicted molar refractivity (Wildman–Crippen MR) is 83.3 cm³/mol. The van der Waals surface area contributed by atoms with Gasteiger partial charge in [-0.15, -0.1) is 10.2 Å². The second-order valence-electron chi connectivity index (χ2n) is 5.21. The van der Waals surface area contributed by atoms with Crippen LogP contribution in [0.2, 0.25) is 5.15 Å². The van der Waals surface area contributed by atoms with E-state index in [1.165, 1.54) is 32.4 Å². The summed E-state index contributed by atoms with van der Waals surface area (Å²) in [7, 11) is 0. The van der Waals surface area contributed by atoms with Crippen LogP contribution < -0.4 is 5.32 Å². The molecule has 0 amide bonds. The summed E-state index contributed by atoms with van der Waals surface area (Å²) in [6.45, 7) is 4.38. The van der Waals surface area contributed by atoms with Crippen LogP contribution in [-0.2, 0) is 0 Å². The number of hydrogen-bond donors (Lipinski definition) is 1. The maximum Gasteiger partial charge on any atom is 0.159 e. The van der Waals surface area contributed by atoms with Crippen LogP contribution in [0.3, 0.4) is 0 Å². The summed E-state index contributed by atoms with van der Waals surface area (Å²) in [5.41, 5.74) is 0. The average molecular weight is 291 g/mol. The van der Waals surface area contributed by atoms with Crippen LogP contribution in [-0.4, -0.2) is 41.3 Å². The topological polar surface area (TPSA) is 41.1 Å². The highest BCUT2D eigenvalue weighted by Gasteiger charge is 2.10. The Kier molecular flexibility index (Phi) is 4.33. The first-order chi connectivity index (χ1) is 9.84. The van der Waals surface area contributed by atoms with Crippen molar-refractivity contribution in [1.29, 1.82) is 0 Å². The molecule has 0 unspecified atom stereocenters. The zero-order valence-corrected chi connectivity index (χ0v) is 12.2. The third-order valence-electron chi connectivity index (χ3n) is 3.81. The number of piperidine rings is 1. The van der Waals surface area contributed by atoms with E-state index in [1.807, 2.05) is 24.3 Å². The van der Waals surface area contributed by atoms with Crippen LogP contribution in [0.25, 0.3) is 10.8 Å². The molecular formula is C15H19ClN4. The van der Waals surface area contributed by atoms with E-state index in [0.29, 0.717) is 5.15 Å². The third-order valence-corrected chi connectivity index (χ3v) is 4.09. The van der Waals surface area contributed by atoms with Crippen molar-refractivity contribution in [1.82, 2.24) is 15.1 Å². The summed E-state index contributed by atoms with van der Waals surface area (Å²) in [5.74, 6) is 0.821. The first kappa shape index (κ1) is 13.6. The fourth-order valence-electron chi connectivity index (χ4n) is 2.72. The second-order valence-corrected chi connectivity index (χ2v) is 5.57. The molecule has 1 aliphatic heterocycles. The Bertz CT molecular complexity index is 581. The molecule has 0 atom stereocenters. The predicted octanol–water partition coefficient (Wildman–Crippen LogP) is 3.18. The minimum absolute atomic E-state index is 0.460. The van der Waals surface area contributed by atoms with Crippen LogP contribution in [0.15, 0.2) is 24.3 Å². The highest BCUT2D eigenvalue weighted by molar-refractivity contribution is 6.34. The largest absolute Gasteiger partial charge is 0.367 e. The normalized spacial score (nSPS) is 16.4. The van der Waals surface area contributed by atoms with Crippen molar-refractivity contribution in [2.45, 2.75) is 19.3 Å². The van der Waals surface area contributed by atoms with Crippen molar-refractivity contribution >= 4 is 28.2 Å². The summed E-state index contributed by atoms with van der Waals surface area (Å²) in [6.07, 6.45) is 4.02. The Balaban J connectivity index is 1.67. The molecule has 1 fully saturated rings. The molecule has 2 heterocycles. The smallest absolute Gasteiger partial charge is 0.159 e. The summed E-state index contributed by atoms with van der Waals surface area (Å²) >= 11 is 6.08. The summed E-state index contributed by atoms with van der Waals surface area (Å²) in [5, 5.41) is 14.0. The van der Waals surface area contributed by atoms with Crippen molar-refractivity contribution in [3.8, 4) is 0 Å². The van der Waals surface area contributed by atoms with Gasteiger partial charge in [-0.2, -0.15) is 0 Å². The van der Waals surface area contributed by atoms with Crippen LogP contribution >= 0.6 is 11.6 Å². The first-order valence-electron chi connectivity index (χ1n) is 7.22. The Morgan fingerprint density at radius 3 is 2.60 bits per heavy atom. The van der Waals surface area contributed by atoms with E-state index in [0.717, 1.165) is 29.7 Å². The van der Waals surface area contributed by atoms with Gasteiger partial charge in [0.1, 0.15) is 0 Å². The van der Waals surface area contributed by atoms with E-state index >= 15 is 0 Å². The molecule has 20 heavy (non-hydrogen) atoms. The molecule has 1 aliphatic rings. The molecular weight excluding hydrogens is 272 g/mol. The summed E-state index contributed by atoms with van der Waals surface area (Å²) < 4.78 is 0. The quantitative estimate of drug-likeness (QED) is 0.939. The molecule has 106 valence electrons. The molecule has 1 saturated heterocycles. The molecule has 1 aromatic heterocycles. The molecule has 1 aromatic carbocycles. The third kappa shape index (κ3) is 3.02. The maximum absolute atomic E-state index is 6.08. The van der Waals surface area contributed by atoms with Crippen LogP contribution in [0.5, 0.6) is 0 Å². The molecule has 4 nitrogen and oxygen atoms in total. The number of nitrogens with zero attached hydrogens (tertiary/aromatic N) is 3. The van der Waals surface area contributed by atoms with Gasteiger partial charge in [-0.1, -0.05) is 42.3 Å². The van der Waals surface area contributed by atoms with Crippen LogP contribution in [0, 0.1) is 0 Å². The molecule has 3 rings (SSSR count). The molecule has 0 aliphatic carbocycles. The van der Waals surface area contributed by atoms with E-state index in [-0.39, 0.29) is 0 Å². The van der Waals surface area contributed by atoms with Crippen molar-refractivity contribution in [3.63, 3.8) is 0 Å². The van der Waals surface area contributed by atoms with Crippen molar-refractivity contribution in [2.75, 3.05) is 31.5 Å². The van der Waals surface area contributed by atoms with Crippen molar-refractivity contribution in [2.24, 2.45) is 0 Å². The summed E-state index contributed by atoms with van der Waals surface area (Å²) in [6, 6.07) is 7.96. The number of nitrogens with one attached hydrogen (secondary N) is 1. The lowest BCUT2D eigenvalue weighted by atomic mass is 10.1. The van der Waals surface area contributed by atoms with Gasteiger partial charge < -0.3 is 10.2 Å². The van der Waals surface area contributed by atoms with Gasteiger partial charge in [0.2, 0.25) is 0 Å². The molecule has 0 saturated carbocycles. The average Bonchev–Trinajstić information content (AvgIpc) is 2.51. The SMILES string of the molecule is Clc1nnc(NCCN2CCCCC2)c2ccccc12. The van der Waals surface area contributed by atoms with Crippen molar-refractivity contribution in [3.05, 3.63) is 29.4 Å². The Hall–Kier alpha value is -1.39. The van der Waals surface area contributed by atoms with E-state index in [4.69, 9.17) is 11.6 Å². The zero-order chi connectivity index (χ0) is 13.8. The van der Waals surface area contributed by atoms with Gasteiger partial charge in [-0.05, 0) is 25.9 Å². The number of aromatic nitrogens is 2. The zero-order valence-electron chi connectivity index (χ0n) is 11.5. The summed E-state index contributed by atoms with van der Waals surface area (Å²) in [4.78, 5) is 2.50. The lowest BCUT2D eigenvalue weighted by Crippen LogP contribution is -2.33. The number of hydrogen-bond acceptors (Lipinski definition) is 4. The number of rotatable bonds is 4. The lowest BCUT2D eigenvalue weighted by molar-refractivity contribution is 0.237. The van der Waals surface area contributed by atoms with Gasteiger partial charge in [0.05, 0.1) is 0 Å². The minimum atomic E-state index is 0.460. The van der Waals surface area contributed by atoms with Gasteiger partial charge in [0.15, 0.2) is 11.0 Å². The Morgan fingerprint density at radius 2 is 1.80 bits per heavy atom.